The summed E-state index contributed by atoms with van der Waals surface area (Å²) in [6, 6.07) is 6.74. The summed E-state index contributed by atoms with van der Waals surface area (Å²) in [4.78, 5) is 0. The van der Waals surface area contributed by atoms with E-state index in [9.17, 15) is 4.39 Å². The number of methoxy groups -OCH3 is 1. The second-order valence-corrected chi connectivity index (χ2v) is 4.12. The Kier molecular flexibility index (Phi) is 3.03. The molecule has 0 saturated carbocycles. The molecule has 1 N–H and O–H groups in total. The average molecular weight is 209 g/mol. The van der Waals surface area contributed by atoms with E-state index in [-0.39, 0.29) is 11.4 Å². The van der Waals surface area contributed by atoms with E-state index in [1.54, 1.807) is 19.2 Å². The van der Waals surface area contributed by atoms with Crippen molar-refractivity contribution in [1.82, 2.24) is 5.32 Å². The summed E-state index contributed by atoms with van der Waals surface area (Å²) in [6.45, 7) is 1.82. The van der Waals surface area contributed by atoms with Crippen LogP contribution in [0, 0.1) is 5.82 Å². The third-order valence-electron chi connectivity index (χ3n) is 3.05. The highest BCUT2D eigenvalue weighted by atomic mass is 19.1. The molecule has 0 aliphatic carbocycles. The minimum absolute atomic E-state index is 0.145. The molecule has 82 valence electrons. The Morgan fingerprint density at radius 3 is 3.00 bits per heavy atom. The summed E-state index contributed by atoms with van der Waals surface area (Å²) in [5, 5.41) is 3.28. The van der Waals surface area contributed by atoms with Crippen LogP contribution in [0.1, 0.15) is 12.0 Å². The van der Waals surface area contributed by atoms with Gasteiger partial charge in [0.15, 0.2) is 0 Å². The molecule has 1 aliphatic heterocycles. The van der Waals surface area contributed by atoms with Crippen LogP contribution in [-0.2, 0) is 11.2 Å². The average Bonchev–Trinajstić information content (AvgIpc) is 2.67. The Hall–Kier alpha value is -0.930. The Bertz CT molecular complexity index is 334. The monoisotopic (exact) mass is 209 g/mol. The summed E-state index contributed by atoms with van der Waals surface area (Å²) >= 11 is 0. The molecule has 2 nitrogen and oxygen atoms in total. The van der Waals surface area contributed by atoms with Crippen LogP contribution in [0.4, 0.5) is 4.39 Å². The quantitative estimate of drug-likeness (QED) is 0.818. The van der Waals surface area contributed by atoms with Gasteiger partial charge in [-0.3, -0.25) is 0 Å². The molecule has 1 heterocycles. The van der Waals surface area contributed by atoms with E-state index in [1.807, 2.05) is 6.07 Å². The zero-order valence-corrected chi connectivity index (χ0v) is 8.92. The standard InChI is InChI=1S/C12H16FNO/c1-15-12(5-6-14-9-12)8-10-3-2-4-11(13)7-10/h2-4,7,14H,5-6,8-9H2,1H3. The Morgan fingerprint density at radius 1 is 1.53 bits per heavy atom. The van der Waals surface area contributed by atoms with E-state index >= 15 is 0 Å². The predicted octanol–water partition coefficient (Wildman–Crippen LogP) is 1.75. The van der Waals surface area contributed by atoms with Crippen LogP contribution in [0.5, 0.6) is 0 Å². The summed E-state index contributed by atoms with van der Waals surface area (Å²) in [5.41, 5.74) is 0.855. The number of ether oxygens (including phenoxy) is 1. The van der Waals surface area contributed by atoms with E-state index in [4.69, 9.17) is 4.74 Å². The van der Waals surface area contributed by atoms with Gasteiger partial charge in [-0.05, 0) is 30.7 Å². The lowest BCUT2D eigenvalue weighted by molar-refractivity contribution is 0.00772. The third-order valence-corrected chi connectivity index (χ3v) is 3.05. The molecule has 0 spiro atoms. The SMILES string of the molecule is COC1(Cc2cccc(F)c2)CCNC1. The Balaban J connectivity index is 2.12. The molecule has 1 aliphatic rings. The molecule has 3 heteroatoms. The van der Waals surface area contributed by atoms with Crippen LogP contribution < -0.4 is 5.32 Å². The van der Waals surface area contributed by atoms with E-state index in [0.29, 0.717) is 0 Å². The fraction of sp³-hybridized carbons (Fsp3) is 0.500. The molecule has 1 aromatic carbocycles. The maximum atomic E-state index is 13.0. The summed E-state index contributed by atoms with van der Waals surface area (Å²) < 4.78 is 18.6. The van der Waals surface area contributed by atoms with Gasteiger partial charge in [0, 0.05) is 20.1 Å². The molecule has 0 radical (unpaired) electrons. The first-order valence-electron chi connectivity index (χ1n) is 5.24. The van der Waals surface area contributed by atoms with Crippen molar-refractivity contribution in [1.29, 1.82) is 0 Å². The maximum Gasteiger partial charge on any atom is 0.123 e. The topological polar surface area (TPSA) is 21.3 Å². The zero-order chi connectivity index (χ0) is 10.7. The van der Waals surface area contributed by atoms with Crippen LogP contribution in [-0.4, -0.2) is 25.8 Å². The molecule has 1 saturated heterocycles. The van der Waals surface area contributed by atoms with E-state index in [0.717, 1.165) is 31.5 Å². The number of rotatable bonds is 3. The highest BCUT2D eigenvalue weighted by Gasteiger charge is 2.33. The van der Waals surface area contributed by atoms with Crippen molar-refractivity contribution in [3.8, 4) is 0 Å². The van der Waals surface area contributed by atoms with E-state index in [1.165, 1.54) is 6.07 Å². The smallest absolute Gasteiger partial charge is 0.123 e. The molecule has 2 rings (SSSR count). The molecular formula is C12H16FNO. The lowest BCUT2D eigenvalue weighted by atomic mass is 9.93. The summed E-state index contributed by atoms with van der Waals surface area (Å²) in [7, 11) is 1.73. The largest absolute Gasteiger partial charge is 0.377 e. The Labute approximate surface area is 89.4 Å². The minimum atomic E-state index is -0.176. The molecule has 0 bridgehead atoms. The van der Waals surface area contributed by atoms with Crippen LogP contribution in [0.25, 0.3) is 0 Å². The lowest BCUT2D eigenvalue weighted by Crippen LogP contribution is -2.36. The fourth-order valence-corrected chi connectivity index (χ4v) is 2.14. The van der Waals surface area contributed by atoms with Crippen LogP contribution >= 0.6 is 0 Å². The second kappa shape index (κ2) is 4.29. The second-order valence-electron chi connectivity index (χ2n) is 4.12. The van der Waals surface area contributed by atoms with Gasteiger partial charge in [0.1, 0.15) is 5.82 Å². The number of halogens is 1. The van der Waals surface area contributed by atoms with Crippen molar-refractivity contribution < 1.29 is 9.13 Å². The molecule has 1 fully saturated rings. The van der Waals surface area contributed by atoms with Crippen molar-refractivity contribution in [2.24, 2.45) is 0 Å². The van der Waals surface area contributed by atoms with Gasteiger partial charge in [0.2, 0.25) is 0 Å². The maximum absolute atomic E-state index is 13.0. The third kappa shape index (κ3) is 2.36. The normalized spacial score (nSPS) is 25.7. The number of nitrogens with one attached hydrogen (secondary N) is 1. The van der Waals surface area contributed by atoms with Gasteiger partial charge in [-0.1, -0.05) is 12.1 Å². The van der Waals surface area contributed by atoms with Crippen molar-refractivity contribution in [2.75, 3.05) is 20.2 Å². The van der Waals surface area contributed by atoms with E-state index in [2.05, 4.69) is 5.32 Å². The summed E-state index contributed by atoms with van der Waals surface area (Å²) in [6.07, 6.45) is 1.76. The van der Waals surface area contributed by atoms with Gasteiger partial charge in [0.25, 0.3) is 0 Å². The first kappa shape index (κ1) is 10.6. The van der Waals surface area contributed by atoms with Crippen LogP contribution in [0.15, 0.2) is 24.3 Å². The summed E-state index contributed by atoms with van der Waals surface area (Å²) in [5.74, 6) is -0.176. The van der Waals surface area contributed by atoms with Gasteiger partial charge in [-0.25, -0.2) is 4.39 Å². The molecular weight excluding hydrogens is 193 g/mol. The zero-order valence-electron chi connectivity index (χ0n) is 8.92. The predicted molar refractivity (Wildman–Crippen MR) is 57.3 cm³/mol. The molecule has 1 atom stereocenters. The highest BCUT2D eigenvalue weighted by molar-refractivity contribution is 5.19. The molecule has 15 heavy (non-hydrogen) atoms. The van der Waals surface area contributed by atoms with Gasteiger partial charge in [-0.15, -0.1) is 0 Å². The Morgan fingerprint density at radius 2 is 2.40 bits per heavy atom. The van der Waals surface area contributed by atoms with Crippen molar-refractivity contribution in [3.05, 3.63) is 35.6 Å². The first-order chi connectivity index (χ1) is 7.24. The molecule has 1 unspecified atom stereocenters. The van der Waals surface area contributed by atoms with Gasteiger partial charge >= 0.3 is 0 Å². The van der Waals surface area contributed by atoms with E-state index < -0.39 is 0 Å². The van der Waals surface area contributed by atoms with Crippen LogP contribution in [0.3, 0.4) is 0 Å². The van der Waals surface area contributed by atoms with Crippen molar-refractivity contribution in [2.45, 2.75) is 18.4 Å². The van der Waals surface area contributed by atoms with Gasteiger partial charge in [0.05, 0.1) is 5.60 Å². The minimum Gasteiger partial charge on any atom is -0.377 e. The van der Waals surface area contributed by atoms with Gasteiger partial charge < -0.3 is 10.1 Å². The number of benzene rings is 1. The van der Waals surface area contributed by atoms with Crippen LogP contribution in [0.2, 0.25) is 0 Å². The number of hydrogen-bond acceptors (Lipinski definition) is 2. The van der Waals surface area contributed by atoms with Gasteiger partial charge in [-0.2, -0.15) is 0 Å². The highest BCUT2D eigenvalue weighted by Crippen LogP contribution is 2.24. The molecule has 0 aromatic heterocycles. The molecule has 0 amide bonds. The first-order valence-corrected chi connectivity index (χ1v) is 5.24. The number of hydrogen-bond donors (Lipinski definition) is 1. The molecule has 1 aromatic rings. The lowest BCUT2D eigenvalue weighted by Gasteiger charge is -2.26. The van der Waals surface area contributed by atoms with Crippen molar-refractivity contribution >= 4 is 0 Å². The fourth-order valence-electron chi connectivity index (χ4n) is 2.14. The van der Waals surface area contributed by atoms with Crippen molar-refractivity contribution in [3.63, 3.8) is 0 Å².